The molecule has 1 N–H and O–H groups in total. The van der Waals surface area contributed by atoms with Crippen molar-refractivity contribution in [3.05, 3.63) is 35.6 Å². The zero-order valence-corrected chi connectivity index (χ0v) is 12.6. The van der Waals surface area contributed by atoms with Crippen molar-refractivity contribution in [2.45, 2.75) is 32.9 Å². The molecule has 1 aliphatic heterocycles. The number of alkyl carbamates (subject to hydrolysis) is 1. The lowest BCUT2D eigenvalue weighted by Crippen LogP contribution is -2.50. The van der Waals surface area contributed by atoms with E-state index in [1.165, 1.54) is 6.07 Å². The van der Waals surface area contributed by atoms with E-state index in [-0.39, 0.29) is 18.0 Å². The Morgan fingerprint density at radius 3 is 2.90 bits per heavy atom. The second kappa shape index (κ2) is 7.41. The van der Waals surface area contributed by atoms with E-state index in [4.69, 9.17) is 4.74 Å². The van der Waals surface area contributed by atoms with Crippen LogP contribution < -0.4 is 5.32 Å². The molecule has 0 saturated carbocycles. The predicted octanol–water partition coefficient (Wildman–Crippen LogP) is 2.78. The molecule has 1 aromatic carbocycles. The summed E-state index contributed by atoms with van der Waals surface area (Å²) < 4.78 is 18.7. The molecular formula is C16H23FN2O2. The number of likely N-dealkylation sites (tertiary alicyclic amines) is 1. The minimum absolute atomic E-state index is 0.0552. The van der Waals surface area contributed by atoms with Gasteiger partial charge in [0.15, 0.2) is 0 Å². The summed E-state index contributed by atoms with van der Waals surface area (Å²) in [5.41, 5.74) is 0.696. The number of benzene rings is 1. The topological polar surface area (TPSA) is 41.6 Å². The molecule has 0 bridgehead atoms. The maximum atomic E-state index is 13.7. The fraction of sp³-hybridized carbons (Fsp3) is 0.562. The van der Waals surface area contributed by atoms with E-state index in [1.807, 2.05) is 12.1 Å². The van der Waals surface area contributed by atoms with Crippen LogP contribution in [-0.4, -0.2) is 36.7 Å². The normalized spacial score (nSPS) is 22.8. The van der Waals surface area contributed by atoms with Crippen molar-refractivity contribution in [1.29, 1.82) is 0 Å². The van der Waals surface area contributed by atoms with Crippen molar-refractivity contribution >= 4 is 6.09 Å². The largest absolute Gasteiger partial charge is 0.450 e. The van der Waals surface area contributed by atoms with Crippen LogP contribution in [0.4, 0.5) is 9.18 Å². The molecule has 1 saturated heterocycles. The Labute approximate surface area is 125 Å². The van der Waals surface area contributed by atoms with Crippen LogP contribution in [0.1, 0.15) is 25.8 Å². The van der Waals surface area contributed by atoms with E-state index in [0.717, 1.165) is 19.5 Å². The molecule has 1 amide bonds. The highest BCUT2D eigenvalue weighted by Gasteiger charge is 2.26. The van der Waals surface area contributed by atoms with Crippen molar-refractivity contribution < 1.29 is 13.9 Å². The minimum Gasteiger partial charge on any atom is -0.450 e. The first kappa shape index (κ1) is 15.8. The molecule has 1 aromatic rings. The van der Waals surface area contributed by atoms with Crippen molar-refractivity contribution in [3.8, 4) is 0 Å². The first-order valence-electron chi connectivity index (χ1n) is 7.47. The van der Waals surface area contributed by atoms with Gasteiger partial charge in [0.05, 0.1) is 6.61 Å². The number of ether oxygens (including phenoxy) is 1. The lowest BCUT2D eigenvalue weighted by molar-refractivity contribution is 0.117. The van der Waals surface area contributed by atoms with Crippen molar-refractivity contribution in [1.82, 2.24) is 10.2 Å². The standard InChI is InChI=1S/C16H23FN2O2/c1-3-21-16(20)18-14-8-12(2)9-19(11-14)10-13-6-4-5-7-15(13)17/h4-7,12,14H,3,8-11H2,1-2H3,(H,18,20). The van der Waals surface area contributed by atoms with E-state index in [1.54, 1.807) is 13.0 Å². The quantitative estimate of drug-likeness (QED) is 0.928. The van der Waals surface area contributed by atoms with E-state index < -0.39 is 0 Å². The van der Waals surface area contributed by atoms with E-state index in [2.05, 4.69) is 17.1 Å². The van der Waals surface area contributed by atoms with Crippen LogP contribution in [0.15, 0.2) is 24.3 Å². The fourth-order valence-electron chi connectivity index (χ4n) is 2.90. The summed E-state index contributed by atoms with van der Waals surface area (Å²) in [6.45, 7) is 6.50. The summed E-state index contributed by atoms with van der Waals surface area (Å²) >= 11 is 0. The Hall–Kier alpha value is -1.62. The van der Waals surface area contributed by atoms with E-state index in [9.17, 15) is 9.18 Å². The third-order valence-corrected chi connectivity index (χ3v) is 3.68. The SMILES string of the molecule is CCOC(=O)NC1CC(C)CN(Cc2ccccc2F)C1. The lowest BCUT2D eigenvalue weighted by Gasteiger charge is -2.36. The third kappa shape index (κ3) is 4.70. The van der Waals surface area contributed by atoms with Gasteiger partial charge >= 0.3 is 6.09 Å². The number of nitrogens with zero attached hydrogens (tertiary/aromatic N) is 1. The number of piperidine rings is 1. The molecule has 116 valence electrons. The zero-order valence-electron chi connectivity index (χ0n) is 12.6. The number of amides is 1. The van der Waals surface area contributed by atoms with Gasteiger partial charge in [0.25, 0.3) is 0 Å². The van der Waals surface area contributed by atoms with Gasteiger partial charge in [0, 0.05) is 31.2 Å². The van der Waals surface area contributed by atoms with Crippen LogP contribution in [0.3, 0.4) is 0 Å². The van der Waals surface area contributed by atoms with Gasteiger partial charge < -0.3 is 10.1 Å². The molecule has 0 spiro atoms. The summed E-state index contributed by atoms with van der Waals surface area (Å²) in [7, 11) is 0. The lowest BCUT2D eigenvalue weighted by atomic mass is 9.95. The van der Waals surface area contributed by atoms with Crippen molar-refractivity contribution in [2.75, 3.05) is 19.7 Å². The number of carbonyl (C=O) groups excluding carboxylic acids is 1. The molecule has 1 aliphatic rings. The van der Waals surface area contributed by atoms with Crippen molar-refractivity contribution in [3.63, 3.8) is 0 Å². The maximum Gasteiger partial charge on any atom is 0.407 e. The first-order valence-corrected chi connectivity index (χ1v) is 7.47. The highest BCUT2D eigenvalue weighted by Crippen LogP contribution is 2.19. The summed E-state index contributed by atoms with van der Waals surface area (Å²) in [6, 6.07) is 6.89. The fourth-order valence-corrected chi connectivity index (χ4v) is 2.90. The van der Waals surface area contributed by atoms with Crippen LogP contribution in [0.2, 0.25) is 0 Å². The Morgan fingerprint density at radius 1 is 1.43 bits per heavy atom. The average Bonchev–Trinajstić information content (AvgIpc) is 2.41. The number of nitrogens with one attached hydrogen (secondary N) is 1. The molecule has 1 heterocycles. The van der Waals surface area contributed by atoms with Gasteiger partial charge in [-0.1, -0.05) is 25.1 Å². The second-order valence-corrected chi connectivity index (χ2v) is 5.69. The molecular weight excluding hydrogens is 271 g/mol. The first-order chi connectivity index (χ1) is 10.1. The Balaban J connectivity index is 1.94. The zero-order chi connectivity index (χ0) is 15.2. The molecule has 2 unspecified atom stereocenters. The summed E-state index contributed by atoms with van der Waals surface area (Å²) in [5, 5.41) is 2.88. The van der Waals surface area contributed by atoms with Crippen LogP contribution >= 0.6 is 0 Å². The number of hydrogen-bond donors (Lipinski definition) is 1. The van der Waals surface area contributed by atoms with Gasteiger partial charge in [-0.3, -0.25) is 4.90 Å². The number of hydrogen-bond acceptors (Lipinski definition) is 3. The van der Waals surface area contributed by atoms with Gasteiger partial charge in [-0.15, -0.1) is 0 Å². The Morgan fingerprint density at radius 2 is 2.19 bits per heavy atom. The summed E-state index contributed by atoms with van der Waals surface area (Å²) in [5.74, 6) is 0.281. The highest BCUT2D eigenvalue weighted by molar-refractivity contribution is 5.67. The molecule has 21 heavy (non-hydrogen) atoms. The second-order valence-electron chi connectivity index (χ2n) is 5.69. The van der Waals surface area contributed by atoms with Gasteiger partial charge in [-0.2, -0.15) is 0 Å². The van der Waals surface area contributed by atoms with Crippen LogP contribution in [0.5, 0.6) is 0 Å². The molecule has 4 nitrogen and oxygen atoms in total. The van der Waals surface area contributed by atoms with Gasteiger partial charge in [-0.25, -0.2) is 9.18 Å². The number of rotatable bonds is 4. The highest BCUT2D eigenvalue weighted by atomic mass is 19.1. The molecule has 2 rings (SSSR count). The minimum atomic E-state index is -0.373. The molecule has 0 aromatic heterocycles. The van der Waals surface area contributed by atoms with Gasteiger partial charge in [0.2, 0.25) is 0 Å². The van der Waals surface area contributed by atoms with E-state index >= 15 is 0 Å². The average molecular weight is 294 g/mol. The molecule has 0 aliphatic carbocycles. The molecule has 1 fully saturated rings. The third-order valence-electron chi connectivity index (χ3n) is 3.68. The maximum absolute atomic E-state index is 13.7. The summed E-state index contributed by atoms with van der Waals surface area (Å²) in [6.07, 6.45) is 0.550. The van der Waals surface area contributed by atoms with E-state index in [0.29, 0.717) is 24.6 Å². The van der Waals surface area contributed by atoms with Crippen molar-refractivity contribution in [2.24, 2.45) is 5.92 Å². The molecule has 2 atom stereocenters. The van der Waals surface area contributed by atoms with Gasteiger partial charge in [0.1, 0.15) is 5.82 Å². The number of carbonyl (C=O) groups is 1. The van der Waals surface area contributed by atoms with Crippen LogP contribution in [0, 0.1) is 11.7 Å². The smallest absolute Gasteiger partial charge is 0.407 e. The summed E-state index contributed by atoms with van der Waals surface area (Å²) in [4.78, 5) is 13.7. The number of halogens is 1. The van der Waals surface area contributed by atoms with Crippen LogP contribution in [0.25, 0.3) is 0 Å². The predicted molar refractivity (Wildman–Crippen MR) is 79.4 cm³/mol. The monoisotopic (exact) mass is 294 g/mol. The van der Waals surface area contributed by atoms with Gasteiger partial charge in [-0.05, 0) is 25.3 Å². The molecule has 5 heteroatoms. The molecule has 0 radical (unpaired) electrons. The Kier molecular flexibility index (Phi) is 5.56. The Bertz CT molecular complexity index is 481. The van der Waals surface area contributed by atoms with Crippen LogP contribution in [-0.2, 0) is 11.3 Å².